The molecule has 8 heteroatoms. The molecule has 0 unspecified atom stereocenters. The van der Waals surface area contributed by atoms with Crippen molar-refractivity contribution in [1.29, 1.82) is 0 Å². The van der Waals surface area contributed by atoms with Gasteiger partial charge in [0.1, 0.15) is 18.6 Å². The second kappa shape index (κ2) is 7.41. The normalized spacial score (nSPS) is 23.0. The first-order valence-corrected chi connectivity index (χ1v) is 9.07. The third kappa shape index (κ3) is 3.70. The molecule has 4 heterocycles. The van der Waals surface area contributed by atoms with E-state index in [2.05, 4.69) is 32.6 Å². The molecule has 3 saturated heterocycles. The van der Waals surface area contributed by atoms with E-state index in [0.29, 0.717) is 5.92 Å². The highest BCUT2D eigenvalue weighted by Gasteiger charge is 2.37. The van der Waals surface area contributed by atoms with Gasteiger partial charge in [-0.2, -0.15) is 0 Å². The van der Waals surface area contributed by atoms with E-state index in [4.69, 9.17) is 4.74 Å². The van der Waals surface area contributed by atoms with Crippen LogP contribution < -0.4 is 4.74 Å². The van der Waals surface area contributed by atoms with Crippen LogP contribution in [0.3, 0.4) is 0 Å². The molecular weight excluding hydrogens is 332 g/mol. The number of methoxy groups -OCH3 is 1. The molecule has 26 heavy (non-hydrogen) atoms. The molecular formula is C18H24N6O2. The van der Waals surface area contributed by atoms with Crippen LogP contribution in [-0.2, 0) is 17.9 Å². The van der Waals surface area contributed by atoms with Gasteiger partial charge in [-0.05, 0) is 46.9 Å². The lowest BCUT2D eigenvalue weighted by Crippen LogP contribution is -2.48. The van der Waals surface area contributed by atoms with Gasteiger partial charge in [0.05, 0.1) is 7.11 Å². The van der Waals surface area contributed by atoms with Crippen LogP contribution in [0.4, 0.5) is 0 Å². The minimum Gasteiger partial charge on any atom is -0.497 e. The fourth-order valence-corrected chi connectivity index (χ4v) is 4.08. The quantitative estimate of drug-likeness (QED) is 0.789. The van der Waals surface area contributed by atoms with E-state index >= 15 is 0 Å². The van der Waals surface area contributed by atoms with Gasteiger partial charge in [-0.1, -0.05) is 12.1 Å². The molecule has 1 amide bonds. The molecule has 3 fully saturated rings. The number of amides is 1. The number of carbonyl (C=O) groups excluding carboxylic acids is 1. The number of carbonyl (C=O) groups is 1. The average molecular weight is 356 g/mol. The molecule has 0 N–H and O–H groups in total. The monoisotopic (exact) mass is 356 g/mol. The standard InChI is InChI=1S/C18H24N6O2/c1-26-17-6-3-14(4-7-17)8-22-9-15-2-5-16(11-22)24(10-15)18(25)12-23-13-19-20-21-23/h3-4,6-7,13,15-16H,2,5,8-12H2,1H3/t15-,16+/m1/s1. The Morgan fingerprint density at radius 2 is 2.04 bits per heavy atom. The number of aromatic nitrogens is 4. The Labute approximate surface area is 152 Å². The van der Waals surface area contributed by atoms with Crippen molar-refractivity contribution in [3.8, 4) is 5.75 Å². The van der Waals surface area contributed by atoms with Crippen molar-refractivity contribution in [2.24, 2.45) is 5.92 Å². The second-order valence-corrected chi connectivity index (χ2v) is 7.19. The predicted octanol–water partition coefficient (Wildman–Crippen LogP) is 0.805. The number of fused-ring (bicyclic) bond motifs is 4. The maximum Gasteiger partial charge on any atom is 0.244 e. The third-order valence-corrected chi connectivity index (χ3v) is 5.36. The summed E-state index contributed by atoms with van der Waals surface area (Å²) in [5, 5.41) is 11.0. The first-order valence-electron chi connectivity index (χ1n) is 9.07. The molecule has 2 aromatic rings. The summed E-state index contributed by atoms with van der Waals surface area (Å²) in [7, 11) is 1.68. The number of rotatable bonds is 5. The van der Waals surface area contributed by atoms with Gasteiger partial charge >= 0.3 is 0 Å². The van der Waals surface area contributed by atoms with E-state index in [0.717, 1.165) is 38.3 Å². The van der Waals surface area contributed by atoms with Crippen LogP contribution in [0.1, 0.15) is 18.4 Å². The van der Waals surface area contributed by atoms with Gasteiger partial charge in [0.2, 0.25) is 5.91 Å². The van der Waals surface area contributed by atoms with Gasteiger partial charge in [0.25, 0.3) is 0 Å². The van der Waals surface area contributed by atoms with E-state index in [1.807, 2.05) is 17.0 Å². The molecule has 0 aliphatic carbocycles. The van der Waals surface area contributed by atoms with Crippen LogP contribution in [0.2, 0.25) is 0 Å². The molecule has 0 saturated carbocycles. The summed E-state index contributed by atoms with van der Waals surface area (Å²) in [6.45, 7) is 3.92. The lowest BCUT2D eigenvalue weighted by Gasteiger charge is -2.36. The summed E-state index contributed by atoms with van der Waals surface area (Å²) >= 11 is 0. The largest absolute Gasteiger partial charge is 0.497 e. The van der Waals surface area contributed by atoms with Crippen molar-refractivity contribution >= 4 is 5.91 Å². The van der Waals surface area contributed by atoms with E-state index < -0.39 is 0 Å². The smallest absolute Gasteiger partial charge is 0.244 e. The maximum absolute atomic E-state index is 12.7. The zero-order chi connectivity index (χ0) is 17.9. The van der Waals surface area contributed by atoms with E-state index in [1.54, 1.807) is 7.11 Å². The molecule has 1 aromatic carbocycles. The van der Waals surface area contributed by atoms with Crippen molar-refractivity contribution in [1.82, 2.24) is 30.0 Å². The van der Waals surface area contributed by atoms with Crippen LogP contribution in [0.5, 0.6) is 5.75 Å². The van der Waals surface area contributed by atoms with E-state index in [1.165, 1.54) is 23.0 Å². The summed E-state index contributed by atoms with van der Waals surface area (Å²) in [5.74, 6) is 1.52. The molecule has 8 nitrogen and oxygen atoms in total. The number of ether oxygens (including phenoxy) is 1. The Bertz CT molecular complexity index is 733. The summed E-state index contributed by atoms with van der Waals surface area (Å²) < 4.78 is 6.73. The minimum atomic E-state index is 0.110. The first kappa shape index (κ1) is 17.0. The molecule has 0 radical (unpaired) electrons. The Morgan fingerprint density at radius 3 is 2.77 bits per heavy atom. The van der Waals surface area contributed by atoms with Gasteiger partial charge in [0.15, 0.2) is 0 Å². The van der Waals surface area contributed by atoms with Crippen LogP contribution in [0, 0.1) is 5.92 Å². The fraction of sp³-hybridized carbons (Fsp3) is 0.556. The van der Waals surface area contributed by atoms with Crippen LogP contribution in [-0.4, -0.2) is 68.7 Å². The van der Waals surface area contributed by atoms with Crippen molar-refractivity contribution in [2.75, 3.05) is 26.7 Å². The van der Waals surface area contributed by atoms with Crippen molar-refractivity contribution in [2.45, 2.75) is 32.0 Å². The van der Waals surface area contributed by atoms with Crippen molar-refractivity contribution in [3.05, 3.63) is 36.2 Å². The average Bonchev–Trinajstić information content (AvgIpc) is 3.01. The zero-order valence-electron chi connectivity index (χ0n) is 15.0. The summed E-state index contributed by atoms with van der Waals surface area (Å²) in [4.78, 5) is 17.2. The summed E-state index contributed by atoms with van der Waals surface area (Å²) in [5.41, 5.74) is 1.28. The topological polar surface area (TPSA) is 76.4 Å². The highest BCUT2D eigenvalue weighted by Crippen LogP contribution is 2.29. The lowest BCUT2D eigenvalue weighted by molar-refractivity contribution is -0.136. The molecule has 138 valence electrons. The van der Waals surface area contributed by atoms with Crippen LogP contribution in [0.25, 0.3) is 0 Å². The third-order valence-electron chi connectivity index (χ3n) is 5.36. The Hall–Kier alpha value is -2.48. The van der Waals surface area contributed by atoms with Gasteiger partial charge in [-0.15, -0.1) is 5.10 Å². The SMILES string of the molecule is COc1ccc(CN2C[C@H]3CC[C@@H](C2)N(C(=O)Cn2cnnn2)C3)cc1. The fourth-order valence-electron chi connectivity index (χ4n) is 4.08. The Kier molecular flexibility index (Phi) is 4.83. The number of tetrazole rings is 1. The predicted molar refractivity (Wildman–Crippen MR) is 94.3 cm³/mol. The highest BCUT2D eigenvalue weighted by molar-refractivity contribution is 5.76. The van der Waals surface area contributed by atoms with Crippen LogP contribution >= 0.6 is 0 Å². The van der Waals surface area contributed by atoms with Crippen LogP contribution in [0.15, 0.2) is 30.6 Å². The maximum atomic E-state index is 12.7. The van der Waals surface area contributed by atoms with Crippen molar-refractivity contribution in [3.63, 3.8) is 0 Å². The molecule has 3 aliphatic rings. The highest BCUT2D eigenvalue weighted by atomic mass is 16.5. The number of nitrogens with zero attached hydrogens (tertiary/aromatic N) is 6. The first-order chi connectivity index (χ1) is 12.7. The van der Waals surface area contributed by atoms with Gasteiger partial charge < -0.3 is 9.64 Å². The van der Waals surface area contributed by atoms with Gasteiger partial charge in [-0.25, -0.2) is 4.68 Å². The number of piperidine rings is 1. The zero-order valence-corrected chi connectivity index (χ0v) is 15.0. The minimum absolute atomic E-state index is 0.110. The molecule has 1 aromatic heterocycles. The molecule has 2 atom stereocenters. The van der Waals surface area contributed by atoms with Gasteiger partial charge in [-0.3, -0.25) is 9.69 Å². The Morgan fingerprint density at radius 1 is 1.19 bits per heavy atom. The molecule has 0 spiro atoms. The van der Waals surface area contributed by atoms with Crippen molar-refractivity contribution < 1.29 is 9.53 Å². The van der Waals surface area contributed by atoms with E-state index in [9.17, 15) is 4.79 Å². The molecule has 5 rings (SSSR count). The number of hydrogen-bond acceptors (Lipinski definition) is 6. The number of benzene rings is 1. The summed E-state index contributed by atoms with van der Waals surface area (Å²) in [6.07, 6.45) is 3.76. The van der Waals surface area contributed by atoms with Gasteiger partial charge in [0, 0.05) is 32.2 Å². The Balaban J connectivity index is 1.41. The summed E-state index contributed by atoms with van der Waals surface area (Å²) in [6, 6.07) is 8.52. The number of hydrogen-bond donors (Lipinski definition) is 0. The molecule has 2 bridgehead atoms. The van der Waals surface area contributed by atoms with E-state index in [-0.39, 0.29) is 18.5 Å². The lowest BCUT2D eigenvalue weighted by atomic mass is 9.95. The second-order valence-electron chi connectivity index (χ2n) is 7.19. The molecule has 3 aliphatic heterocycles.